The highest BCUT2D eigenvalue weighted by Gasteiger charge is 2.37. The molecule has 1 aromatic rings. The van der Waals surface area contributed by atoms with E-state index in [2.05, 4.69) is 0 Å². The lowest BCUT2D eigenvalue weighted by molar-refractivity contribution is -0.149. The highest BCUT2D eigenvalue weighted by molar-refractivity contribution is 5.85. The Morgan fingerprint density at radius 3 is 2.50 bits per heavy atom. The normalized spacial score (nSPS) is 13.8. The molecule has 0 amide bonds. The molecule has 1 rings (SSSR count). The summed E-state index contributed by atoms with van der Waals surface area (Å²) in [5.41, 5.74) is 4.35. The molecule has 0 saturated carbocycles. The third-order valence-electron chi connectivity index (χ3n) is 2.14. The fourth-order valence-corrected chi connectivity index (χ4v) is 1.23. The Bertz CT molecular complexity index is 482. The lowest BCUT2D eigenvalue weighted by Gasteiger charge is -2.16. The van der Waals surface area contributed by atoms with E-state index in [0.717, 1.165) is 24.3 Å². The second kappa shape index (κ2) is 5.18. The van der Waals surface area contributed by atoms with Gasteiger partial charge in [-0.3, -0.25) is 0 Å². The second-order valence-electron chi connectivity index (χ2n) is 3.47. The maximum Gasteiger partial charge on any atom is 0.407 e. The lowest BCUT2D eigenvalue weighted by Crippen LogP contribution is -2.28. The third kappa shape index (κ3) is 3.56. The standard InChI is InChI=1S/C11H9F4NO2/c12-8-3-1-7(10(16)11(13,14)15)5-6(8)2-4-9(17)18/h1-5,10H,16H2,(H,17,18)/b4-2+/t10-/m1/s1. The van der Waals surface area contributed by atoms with Crippen molar-refractivity contribution in [3.63, 3.8) is 0 Å². The topological polar surface area (TPSA) is 63.3 Å². The predicted molar refractivity (Wildman–Crippen MR) is 56.1 cm³/mol. The Balaban J connectivity index is 3.12. The van der Waals surface area contributed by atoms with Gasteiger partial charge in [0.25, 0.3) is 0 Å². The zero-order valence-corrected chi connectivity index (χ0v) is 8.91. The average molecular weight is 263 g/mol. The van der Waals surface area contributed by atoms with E-state index in [9.17, 15) is 22.4 Å². The van der Waals surface area contributed by atoms with Crippen molar-refractivity contribution in [2.75, 3.05) is 0 Å². The number of carbonyl (C=O) groups is 1. The number of hydrogen-bond donors (Lipinski definition) is 2. The van der Waals surface area contributed by atoms with Crippen LogP contribution in [0.2, 0.25) is 0 Å². The number of alkyl halides is 3. The Hall–Kier alpha value is -1.89. The highest BCUT2D eigenvalue weighted by Crippen LogP contribution is 2.31. The molecule has 0 bridgehead atoms. The van der Waals surface area contributed by atoms with E-state index in [4.69, 9.17) is 10.8 Å². The van der Waals surface area contributed by atoms with Crippen LogP contribution >= 0.6 is 0 Å². The Morgan fingerprint density at radius 2 is 2.00 bits per heavy atom. The van der Waals surface area contributed by atoms with Crippen LogP contribution in [-0.2, 0) is 4.79 Å². The van der Waals surface area contributed by atoms with Crippen LogP contribution in [0.15, 0.2) is 24.3 Å². The molecular weight excluding hydrogens is 254 g/mol. The summed E-state index contributed by atoms with van der Waals surface area (Å²) < 4.78 is 50.3. The van der Waals surface area contributed by atoms with E-state index in [1.165, 1.54) is 0 Å². The van der Waals surface area contributed by atoms with Gasteiger partial charge in [0.05, 0.1) is 0 Å². The van der Waals surface area contributed by atoms with Crippen LogP contribution in [0.1, 0.15) is 17.2 Å². The Kier molecular flexibility index (Phi) is 4.07. The molecule has 0 aliphatic carbocycles. The van der Waals surface area contributed by atoms with Crippen molar-refractivity contribution in [1.29, 1.82) is 0 Å². The maximum absolute atomic E-state index is 13.2. The molecule has 0 spiro atoms. The summed E-state index contributed by atoms with van der Waals surface area (Å²) in [4.78, 5) is 10.2. The minimum absolute atomic E-state index is 0.269. The van der Waals surface area contributed by atoms with E-state index in [1.807, 2.05) is 0 Å². The third-order valence-corrected chi connectivity index (χ3v) is 2.14. The molecule has 0 aliphatic rings. The number of carboxylic acids is 1. The molecule has 18 heavy (non-hydrogen) atoms. The molecule has 98 valence electrons. The first kappa shape index (κ1) is 14.2. The van der Waals surface area contributed by atoms with Crippen molar-refractivity contribution in [2.45, 2.75) is 12.2 Å². The van der Waals surface area contributed by atoms with Gasteiger partial charge in [-0.15, -0.1) is 0 Å². The lowest BCUT2D eigenvalue weighted by atomic mass is 10.0. The van der Waals surface area contributed by atoms with Crippen molar-refractivity contribution in [3.8, 4) is 0 Å². The molecule has 0 aliphatic heterocycles. The quantitative estimate of drug-likeness (QED) is 0.650. The van der Waals surface area contributed by atoms with E-state index >= 15 is 0 Å². The van der Waals surface area contributed by atoms with Gasteiger partial charge in [-0.1, -0.05) is 6.07 Å². The zero-order chi connectivity index (χ0) is 13.9. The first-order valence-electron chi connectivity index (χ1n) is 4.74. The number of nitrogens with two attached hydrogens (primary N) is 1. The van der Waals surface area contributed by atoms with Crippen molar-refractivity contribution in [2.24, 2.45) is 5.73 Å². The minimum atomic E-state index is -4.65. The summed E-state index contributed by atoms with van der Waals surface area (Å²) in [6.45, 7) is 0. The molecule has 0 aromatic heterocycles. The molecule has 7 heteroatoms. The van der Waals surface area contributed by atoms with E-state index in [-0.39, 0.29) is 11.1 Å². The van der Waals surface area contributed by atoms with Crippen LogP contribution in [0.4, 0.5) is 17.6 Å². The minimum Gasteiger partial charge on any atom is -0.478 e. The van der Waals surface area contributed by atoms with Crippen LogP contribution < -0.4 is 5.73 Å². The molecule has 0 saturated heterocycles. The van der Waals surface area contributed by atoms with Crippen molar-refractivity contribution < 1.29 is 27.5 Å². The second-order valence-corrected chi connectivity index (χ2v) is 3.47. The maximum atomic E-state index is 13.2. The predicted octanol–water partition coefficient (Wildman–Crippen LogP) is 2.49. The van der Waals surface area contributed by atoms with Crippen molar-refractivity contribution in [3.05, 3.63) is 41.2 Å². The molecule has 3 nitrogen and oxygen atoms in total. The number of aliphatic carboxylic acids is 1. The van der Waals surface area contributed by atoms with Gasteiger partial charge in [0.1, 0.15) is 11.9 Å². The number of hydrogen-bond acceptors (Lipinski definition) is 2. The number of benzene rings is 1. The molecular formula is C11H9F4NO2. The van der Waals surface area contributed by atoms with Crippen LogP contribution in [0, 0.1) is 5.82 Å². The van der Waals surface area contributed by atoms with Crippen molar-refractivity contribution >= 4 is 12.0 Å². The highest BCUT2D eigenvalue weighted by atomic mass is 19.4. The van der Waals surface area contributed by atoms with Crippen LogP contribution in [-0.4, -0.2) is 17.3 Å². The van der Waals surface area contributed by atoms with Crippen LogP contribution in [0.3, 0.4) is 0 Å². The van der Waals surface area contributed by atoms with Gasteiger partial charge in [-0.05, 0) is 23.8 Å². The first-order valence-corrected chi connectivity index (χ1v) is 4.74. The van der Waals surface area contributed by atoms with Gasteiger partial charge in [0, 0.05) is 11.6 Å². The Morgan fingerprint density at radius 1 is 1.39 bits per heavy atom. The van der Waals surface area contributed by atoms with Crippen LogP contribution in [0.5, 0.6) is 0 Å². The van der Waals surface area contributed by atoms with Gasteiger partial charge in [-0.2, -0.15) is 13.2 Å². The number of halogens is 4. The molecule has 0 unspecified atom stereocenters. The first-order chi connectivity index (χ1) is 8.21. The summed E-state index contributed by atoms with van der Waals surface area (Å²) in [5, 5.41) is 8.36. The van der Waals surface area contributed by atoms with Gasteiger partial charge in [0.2, 0.25) is 0 Å². The fourth-order valence-electron chi connectivity index (χ4n) is 1.23. The Labute approximate surface area is 99.5 Å². The largest absolute Gasteiger partial charge is 0.478 e. The molecule has 0 fully saturated rings. The molecule has 1 aromatic carbocycles. The summed E-state index contributed by atoms with van der Waals surface area (Å²) in [5.74, 6) is -2.16. The summed E-state index contributed by atoms with van der Waals surface area (Å²) in [7, 11) is 0. The SMILES string of the molecule is N[C@H](c1ccc(F)c(/C=C/C(=O)O)c1)C(F)(F)F. The summed E-state index contributed by atoms with van der Waals surface area (Å²) in [6.07, 6.45) is -3.16. The van der Waals surface area contributed by atoms with Gasteiger partial charge in [-0.25, -0.2) is 9.18 Å². The summed E-state index contributed by atoms with van der Waals surface area (Å²) in [6, 6.07) is 0.344. The zero-order valence-electron chi connectivity index (χ0n) is 8.91. The molecule has 3 N–H and O–H groups in total. The van der Waals surface area contributed by atoms with Gasteiger partial charge < -0.3 is 10.8 Å². The number of carboxylic acid groups (broad SMARTS) is 1. The van der Waals surface area contributed by atoms with Gasteiger partial charge in [0.15, 0.2) is 0 Å². The molecule has 1 atom stereocenters. The summed E-state index contributed by atoms with van der Waals surface area (Å²) >= 11 is 0. The molecule has 0 radical (unpaired) electrons. The van der Waals surface area contributed by atoms with Gasteiger partial charge >= 0.3 is 12.1 Å². The average Bonchev–Trinajstić information content (AvgIpc) is 2.25. The monoisotopic (exact) mass is 263 g/mol. The van der Waals surface area contributed by atoms with Crippen LogP contribution in [0.25, 0.3) is 6.08 Å². The fraction of sp³-hybridized carbons (Fsp3) is 0.182. The van der Waals surface area contributed by atoms with E-state index < -0.39 is 24.0 Å². The smallest absolute Gasteiger partial charge is 0.407 e. The number of rotatable bonds is 3. The van der Waals surface area contributed by atoms with E-state index in [1.54, 1.807) is 0 Å². The van der Waals surface area contributed by atoms with Crippen molar-refractivity contribution in [1.82, 2.24) is 0 Å². The molecule has 0 heterocycles. The van der Waals surface area contributed by atoms with E-state index in [0.29, 0.717) is 6.08 Å².